The molecule has 0 radical (unpaired) electrons. The van der Waals surface area contributed by atoms with Gasteiger partial charge in [-0.3, -0.25) is 5.73 Å². The zero-order valence-electron chi connectivity index (χ0n) is 12.1. The molecule has 22 heavy (non-hydrogen) atoms. The standard InChI is InChI=1S/C20H14N2/c21-20-19-15(11-14-7-3-9-17(14)19)12-22(20)18-10-4-6-13-5-1-2-8-16(13)18/h1-11,21H,12H2/p+1. The van der Waals surface area contributed by atoms with Crippen molar-refractivity contribution >= 4 is 22.3 Å². The second kappa shape index (κ2) is 4.08. The smallest absolute Gasteiger partial charge is 0.281 e. The van der Waals surface area contributed by atoms with Crippen LogP contribution in [0.5, 0.6) is 0 Å². The average Bonchev–Trinajstić information content (AvgIpc) is 3.19. The molecule has 1 heterocycles. The fraction of sp³-hybridized carbons (Fsp3) is 0.0500. The summed E-state index contributed by atoms with van der Waals surface area (Å²) in [5.41, 5.74) is 12.8. The number of hydrogen-bond donors (Lipinski definition) is 1. The maximum absolute atomic E-state index is 6.53. The third-order valence-corrected chi connectivity index (χ3v) is 4.70. The van der Waals surface area contributed by atoms with Crippen molar-refractivity contribution in [2.24, 2.45) is 5.73 Å². The Labute approximate surface area is 128 Å². The number of fused-ring (bicyclic) bond motifs is 3. The van der Waals surface area contributed by atoms with E-state index in [0.717, 1.165) is 12.4 Å². The van der Waals surface area contributed by atoms with E-state index in [0.29, 0.717) is 0 Å². The Hall–Kier alpha value is -2.87. The lowest BCUT2D eigenvalue weighted by Crippen LogP contribution is -2.23. The molecule has 0 aromatic heterocycles. The molecule has 2 N–H and O–H groups in total. The highest BCUT2D eigenvalue weighted by atomic mass is 15.1. The highest BCUT2D eigenvalue weighted by Crippen LogP contribution is 2.40. The number of benzene rings is 2. The van der Waals surface area contributed by atoms with E-state index in [1.165, 1.54) is 38.8 Å². The van der Waals surface area contributed by atoms with Crippen LogP contribution in [0.25, 0.3) is 10.8 Å². The van der Waals surface area contributed by atoms with E-state index in [9.17, 15) is 0 Å². The molecule has 3 aliphatic rings. The normalized spacial score (nSPS) is 18.9. The molecule has 0 fully saturated rings. The minimum atomic E-state index is 0.851. The summed E-state index contributed by atoms with van der Waals surface area (Å²) in [6.07, 6.45) is 8.68. The molecule has 0 saturated carbocycles. The van der Waals surface area contributed by atoms with Gasteiger partial charge in [0.05, 0.1) is 5.57 Å². The molecule has 0 saturated heterocycles. The molecule has 5 rings (SSSR count). The number of nitrogens with zero attached hydrogens (tertiary/aromatic N) is 1. The van der Waals surface area contributed by atoms with Gasteiger partial charge in [0.1, 0.15) is 12.2 Å². The average molecular weight is 283 g/mol. The van der Waals surface area contributed by atoms with Gasteiger partial charge in [0.15, 0.2) is 0 Å². The Bertz CT molecular complexity index is 992. The van der Waals surface area contributed by atoms with E-state index in [2.05, 4.69) is 71.3 Å². The van der Waals surface area contributed by atoms with Crippen LogP contribution in [0, 0.1) is 0 Å². The van der Waals surface area contributed by atoms with Crippen molar-refractivity contribution in [3.8, 4) is 0 Å². The zero-order chi connectivity index (χ0) is 14.7. The van der Waals surface area contributed by atoms with Crippen LogP contribution < -0.4 is 5.73 Å². The molecule has 0 spiro atoms. The first-order chi connectivity index (χ1) is 10.8. The molecule has 1 aliphatic heterocycles. The number of allylic oxidation sites excluding steroid dienone is 4. The molecule has 0 unspecified atom stereocenters. The van der Waals surface area contributed by atoms with Crippen molar-refractivity contribution in [1.29, 1.82) is 0 Å². The molecular weight excluding hydrogens is 268 g/mol. The SMILES string of the molecule is NC1=[N+](c2cccc3ccccc23)CC2=C1C1=CC=CC1=C2. The molecule has 2 aromatic carbocycles. The van der Waals surface area contributed by atoms with Gasteiger partial charge in [0, 0.05) is 11.0 Å². The van der Waals surface area contributed by atoms with Crippen LogP contribution in [0.3, 0.4) is 0 Å². The van der Waals surface area contributed by atoms with Gasteiger partial charge in [0.2, 0.25) is 0 Å². The number of amidine groups is 1. The van der Waals surface area contributed by atoms with Crippen molar-refractivity contribution in [1.82, 2.24) is 0 Å². The molecule has 0 bridgehead atoms. The van der Waals surface area contributed by atoms with Crippen LogP contribution in [-0.4, -0.2) is 17.0 Å². The summed E-state index contributed by atoms with van der Waals surface area (Å²) in [5.74, 6) is 0.868. The van der Waals surface area contributed by atoms with Crippen LogP contribution in [0.1, 0.15) is 0 Å². The van der Waals surface area contributed by atoms with Gasteiger partial charge < -0.3 is 0 Å². The van der Waals surface area contributed by atoms with E-state index in [1.54, 1.807) is 0 Å². The van der Waals surface area contributed by atoms with Crippen LogP contribution in [0.15, 0.2) is 89.1 Å². The van der Waals surface area contributed by atoms with Gasteiger partial charge in [0.25, 0.3) is 5.84 Å². The molecular formula is C20H15N2+. The van der Waals surface area contributed by atoms with E-state index < -0.39 is 0 Å². The van der Waals surface area contributed by atoms with Crippen LogP contribution >= 0.6 is 0 Å². The molecule has 2 nitrogen and oxygen atoms in total. The fourth-order valence-corrected chi connectivity index (χ4v) is 3.70. The molecule has 0 atom stereocenters. The lowest BCUT2D eigenvalue weighted by atomic mass is 10.1. The third kappa shape index (κ3) is 1.41. The third-order valence-electron chi connectivity index (χ3n) is 4.70. The Morgan fingerprint density at radius 2 is 1.86 bits per heavy atom. The Kier molecular flexibility index (Phi) is 2.18. The first-order valence-corrected chi connectivity index (χ1v) is 7.55. The van der Waals surface area contributed by atoms with E-state index in [4.69, 9.17) is 5.73 Å². The molecule has 2 aliphatic carbocycles. The summed E-state index contributed by atoms with van der Waals surface area (Å²) in [4.78, 5) is 0. The van der Waals surface area contributed by atoms with Crippen LogP contribution in [0.4, 0.5) is 5.69 Å². The number of nitrogens with two attached hydrogens (primary N) is 1. The van der Waals surface area contributed by atoms with Crippen molar-refractivity contribution in [3.05, 3.63) is 89.1 Å². The summed E-state index contributed by atoms with van der Waals surface area (Å²) in [6, 6.07) is 14.9. The van der Waals surface area contributed by atoms with E-state index in [1.807, 2.05) is 0 Å². The van der Waals surface area contributed by atoms with Gasteiger partial charge >= 0.3 is 0 Å². The summed E-state index contributed by atoms with van der Waals surface area (Å²) in [5, 5.41) is 2.50. The Morgan fingerprint density at radius 1 is 1.00 bits per heavy atom. The minimum Gasteiger partial charge on any atom is -0.286 e. The summed E-state index contributed by atoms with van der Waals surface area (Å²) < 4.78 is 2.24. The number of hydrogen-bond acceptors (Lipinski definition) is 1. The van der Waals surface area contributed by atoms with Crippen LogP contribution in [0.2, 0.25) is 0 Å². The highest BCUT2D eigenvalue weighted by molar-refractivity contribution is 6.05. The summed E-state index contributed by atoms with van der Waals surface area (Å²) >= 11 is 0. The zero-order valence-corrected chi connectivity index (χ0v) is 12.1. The predicted molar refractivity (Wildman–Crippen MR) is 90.3 cm³/mol. The topological polar surface area (TPSA) is 29.0 Å². The monoisotopic (exact) mass is 283 g/mol. The van der Waals surface area contributed by atoms with Gasteiger partial charge in [-0.25, -0.2) is 4.58 Å². The molecule has 104 valence electrons. The van der Waals surface area contributed by atoms with Crippen molar-refractivity contribution in [3.63, 3.8) is 0 Å². The maximum Gasteiger partial charge on any atom is 0.281 e. The molecule has 2 aromatic rings. The molecule has 2 heteroatoms. The van der Waals surface area contributed by atoms with Gasteiger partial charge in [-0.1, -0.05) is 54.6 Å². The Balaban J connectivity index is 1.69. The van der Waals surface area contributed by atoms with Crippen molar-refractivity contribution < 1.29 is 4.58 Å². The first kappa shape index (κ1) is 11.8. The van der Waals surface area contributed by atoms with Gasteiger partial charge in [-0.05, 0) is 28.7 Å². The quantitative estimate of drug-likeness (QED) is 0.796. The second-order valence-electron chi connectivity index (χ2n) is 5.91. The molecule has 0 amide bonds. The van der Waals surface area contributed by atoms with Gasteiger partial charge in [-0.15, -0.1) is 0 Å². The lowest BCUT2D eigenvalue weighted by molar-refractivity contribution is -0.424. The van der Waals surface area contributed by atoms with Crippen LogP contribution in [-0.2, 0) is 0 Å². The second-order valence-corrected chi connectivity index (χ2v) is 5.91. The first-order valence-electron chi connectivity index (χ1n) is 7.55. The predicted octanol–water partition coefficient (Wildman–Crippen LogP) is 3.59. The fourth-order valence-electron chi connectivity index (χ4n) is 3.70. The van der Waals surface area contributed by atoms with Gasteiger partial charge in [-0.2, -0.15) is 0 Å². The minimum absolute atomic E-state index is 0.851. The maximum atomic E-state index is 6.53. The number of rotatable bonds is 1. The van der Waals surface area contributed by atoms with Crippen molar-refractivity contribution in [2.45, 2.75) is 0 Å². The van der Waals surface area contributed by atoms with E-state index >= 15 is 0 Å². The summed E-state index contributed by atoms with van der Waals surface area (Å²) in [6.45, 7) is 0.851. The lowest BCUT2D eigenvalue weighted by Gasteiger charge is -2.09. The largest absolute Gasteiger partial charge is 0.286 e. The highest BCUT2D eigenvalue weighted by Gasteiger charge is 2.36. The van der Waals surface area contributed by atoms with Crippen molar-refractivity contribution in [2.75, 3.05) is 6.54 Å². The Morgan fingerprint density at radius 3 is 2.82 bits per heavy atom. The summed E-state index contributed by atoms with van der Waals surface area (Å²) in [7, 11) is 0. The van der Waals surface area contributed by atoms with E-state index in [-0.39, 0.29) is 0 Å².